The molecule has 1 aliphatic heterocycles. The van der Waals surface area contributed by atoms with E-state index in [4.69, 9.17) is 5.21 Å². The molecule has 1 saturated carbocycles. The molecule has 1 amide bonds. The van der Waals surface area contributed by atoms with Crippen molar-refractivity contribution in [2.24, 2.45) is 11.8 Å². The number of amides is 1. The highest BCUT2D eigenvalue weighted by Gasteiger charge is 2.25. The van der Waals surface area contributed by atoms with Gasteiger partial charge in [0.05, 0.1) is 5.56 Å². The Morgan fingerprint density at radius 1 is 1.16 bits per heavy atom. The third kappa shape index (κ3) is 5.63. The number of aromatic nitrogens is 2. The molecule has 170 valence electrons. The number of piperidine rings is 1. The summed E-state index contributed by atoms with van der Waals surface area (Å²) in [4.78, 5) is 24.4. The van der Waals surface area contributed by atoms with E-state index in [9.17, 15) is 4.79 Å². The average molecular weight is 437 g/mol. The van der Waals surface area contributed by atoms with Crippen LogP contribution in [0.3, 0.4) is 0 Å². The van der Waals surface area contributed by atoms with Crippen LogP contribution in [0.15, 0.2) is 49.4 Å². The summed E-state index contributed by atoms with van der Waals surface area (Å²) in [6.45, 7) is 8.69. The molecule has 2 heterocycles. The Labute approximate surface area is 189 Å². The minimum Gasteiger partial charge on any atom is -0.348 e. The summed E-state index contributed by atoms with van der Waals surface area (Å²) in [5.74, 6) is 1.44. The van der Waals surface area contributed by atoms with E-state index in [1.54, 1.807) is 5.48 Å². The monoisotopic (exact) mass is 436 g/mol. The van der Waals surface area contributed by atoms with E-state index in [-0.39, 0.29) is 5.56 Å². The van der Waals surface area contributed by atoms with Crippen molar-refractivity contribution < 1.29 is 10.0 Å². The quantitative estimate of drug-likeness (QED) is 0.389. The third-order valence-corrected chi connectivity index (χ3v) is 6.32. The van der Waals surface area contributed by atoms with Crippen molar-refractivity contribution in [3.8, 4) is 0 Å². The van der Waals surface area contributed by atoms with Gasteiger partial charge in [-0.2, -0.15) is 0 Å². The molecule has 0 bridgehead atoms. The van der Waals surface area contributed by atoms with E-state index >= 15 is 0 Å². The number of rotatable bonds is 10. The summed E-state index contributed by atoms with van der Waals surface area (Å²) in [6.07, 6.45) is 9.63. The first kappa shape index (κ1) is 22.2. The van der Waals surface area contributed by atoms with Crippen LogP contribution in [0, 0.1) is 11.8 Å². The maximum atomic E-state index is 11.4. The van der Waals surface area contributed by atoms with Gasteiger partial charge in [0, 0.05) is 44.3 Å². The number of carbonyl (C=O) groups is 1. The highest BCUT2D eigenvalue weighted by atomic mass is 16.5. The van der Waals surface area contributed by atoms with Crippen molar-refractivity contribution in [3.05, 3.63) is 60.6 Å². The Bertz CT molecular complexity index is 907. The highest BCUT2D eigenvalue weighted by molar-refractivity contribution is 5.92. The molecule has 1 saturated heterocycles. The van der Waals surface area contributed by atoms with Crippen LogP contribution in [0.5, 0.6) is 0 Å². The van der Waals surface area contributed by atoms with Crippen LogP contribution in [-0.4, -0.2) is 47.3 Å². The Kier molecular flexibility index (Phi) is 7.34. The van der Waals surface area contributed by atoms with Crippen LogP contribution >= 0.6 is 0 Å². The second-order valence-corrected chi connectivity index (χ2v) is 8.68. The molecule has 32 heavy (non-hydrogen) atoms. The molecule has 8 nitrogen and oxygen atoms in total. The van der Waals surface area contributed by atoms with E-state index in [1.807, 2.05) is 6.20 Å². The van der Waals surface area contributed by atoms with Crippen LogP contribution in [0.1, 0.15) is 41.6 Å². The van der Waals surface area contributed by atoms with Crippen LogP contribution < -0.4 is 20.6 Å². The fraction of sp³-hybridized carbons (Fsp3) is 0.458. The minimum atomic E-state index is -0.605. The van der Waals surface area contributed by atoms with Crippen molar-refractivity contribution in [2.75, 3.05) is 36.0 Å². The van der Waals surface area contributed by atoms with Gasteiger partial charge in [-0.25, -0.2) is 15.4 Å². The lowest BCUT2D eigenvalue weighted by molar-refractivity contribution is 0.0705. The number of benzene rings is 1. The first-order chi connectivity index (χ1) is 15.7. The zero-order valence-electron chi connectivity index (χ0n) is 18.4. The van der Waals surface area contributed by atoms with Gasteiger partial charge in [0.25, 0.3) is 5.91 Å². The molecule has 1 aromatic heterocycles. The molecule has 0 unspecified atom stereocenters. The van der Waals surface area contributed by atoms with Gasteiger partial charge in [0.2, 0.25) is 5.95 Å². The molecule has 8 heteroatoms. The largest absolute Gasteiger partial charge is 0.348 e. The van der Waals surface area contributed by atoms with Crippen LogP contribution in [0.4, 0.5) is 11.6 Å². The maximum absolute atomic E-state index is 11.4. The molecule has 0 spiro atoms. The summed E-state index contributed by atoms with van der Waals surface area (Å²) < 4.78 is 0. The Balaban J connectivity index is 1.24. The van der Waals surface area contributed by atoms with Gasteiger partial charge in [-0.3, -0.25) is 10.0 Å². The van der Waals surface area contributed by atoms with Gasteiger partial charge >= 0.3 is 0 Å². The van der Waals surface area contributed by atoms with Gasteiger partial charge in [-0.05, 0) is 61.9 Å². The van der Waals surface area contributed by atoms with Crippen LogP contribution in [0.2, 0.25) is 0 Å². The summed E-state index contributed by atoms with van der Waals surface area (Å²) in [7, 11) is 0. The van der Waals surface area contributed by atoms with Crippen molar-refractivity contribution in [2.45, 2.75) is 32.2 Å². The standard InChI is InChI=1S/C24H32N6O2/c1-2-29(17-19-7-8-19)22-6-4-3-5-20(22)14-25-13-18-9-11-30(12-10-18)24-26-15-21(16-27-24)23(31)28-32/h2-6,15-16,18-19,25,32H,1,7-14,17H2,(H,28,31). The zero-order valence-corrected chi connectivity index (χ0v) is 18.4. The molecule has 2 fully saturated rings. The molecular weight excluding hydrogens is 404 g/mol. The summed E-state index contributed by atoms with van der Waals surface area (Å²) in [6, 6.07) is 8.59. The number of para-hydroxylation sites is 1. The number of nitrogens with one attached hydrogen (secondary N) is 2. The minimum absolute atomic E-state index is 0.239. The van der Waals surface area contributed by atoms with E-state index in [2.05, 4.69) is 55.9 Å². The number of anilines is 2. The normalized spacial score (nSPS) is 16.6. The topological polar surface area (TPSA) is 93.6 Å². The molecule has 4 rings (SSSR count). The molecule has 0 atom stereocenters. The molecule has 2 aromatic rings. The molecule has 3 N–H and O–H groups in total. The lowest BCUT2D eigenvalue weighted by Gasteiger charge is -2.32. The second kappa shape index (κ2) is 10.6. The summed E-state index contributed by atoms with van der Waals surface area (Å²) >= 11 is 0. The SMILES string of the molecule is C=CN(CC1CC1)c1ccccc1CNCC1CCN(c2ncc(C(=O)NO)cn2)CC1. The van der Waals surface area contributed by atoms with Crippen LogP contribution in [0.25, 0.3) is 0 Å². The summed E-state index contributed by atoms with van der Waals surface area (Å²) in [5, 5.41) is 12.4. The predicted molar refractivity (Wildman–Crippen MR) is 125 cm³/mol. The van der Waals surface area contributed by atoms with Crippen LogP contribution in [-0.2, 0) is 6.54 Å². The van der Waals surface area contributed by atoms with E-state index < -0.39 is 5.91 Å². The zero-order chi connectivity index (χ0) is 22.3. The average Bonchev–Trinajstić information content (AvgIpc) is 3.67. The van der Waals surface area contributed by atoms with Gasteiger partial charge < -0.3 is 15.1 Å². The smallest absolute Gasteiger partial charge is 0.277 e. The van der Waals surface area contributed by atoms with Gasteiger partial charge in [0.15, 0.2) is 0 Å². The van der Waals surface area contributed by atoms with Crippen molar-refractivity contribution in [1.82, 2.24) is 20.8 Å². The number of hydrogen-bond acceptors (Lipinski definition) is 7. The molecule has 1 aliphatic carbocycles. The Hall–Kier alpha value is -2.97. The number of hydroxylamine groups is 1. The fourth-order valence-electron chi connectivity index (χ4n) is 4.20. The summed E-state index contributed by atoms with van der Waals surface area (Å²) in [5.41, 5.74) is 4.40. The van der Waals surface area contributed by atoms with Crippen molar-refractivity contribution in [3.63, 3.8) is 0 Å². The van der Waals surface area contributed by atoms with Crippen molar-refractivity contribution in [1.29, 1.82) is 0 Å². The highest BCUT2D eigenvalue weighted by Crippen LogP contribution is 2.32. The first-order valence-corrected chi connectivity index (χ1v) is 11.4. The van der Waals surface area contributed by atoms with Crippen molar-refractivity contribution >= 4 is 17.5 Å². The molecule has 2 aliphatic rings. The first-order valence-electron chi connectivity index (χ1n) is 11.4. The van der Waals surface area contributed by atoms with E-state index in [1.165, 1.54) is 36.5 Å². The van der Waals surface area contributed by atoms with Gasteiger partial charge in [0.1, 0.15) is 0 Å². The Morgan fingerprint density at radius 2 is 1.88 bits per heavy atom. The number of hydrogen-bond donors (Lipinski definition) is 3. The van der Waals surface area contributed by atoms with E-state index in [0.717, 1.165) is 51.5 Å². The van der Waals surface area contributed by atoms with Gasteiger partial charge in [-0.15, -0.1) is 0 Å². The molecule has 1 aromatic carbocycles. The Morgan fingerprint density at radius 3 is 2.53 bits per heavy atom. The van der Waals surface area contributed by atoms with Gasteiger partial charge in [-0.1, -0.05) is 24.8 Å². The fourth-order valence-corrected chi connectivity index (χ4v) is 4.20. The number of carbonyl (C=O) groups excluding carboxylic acids is 1. The lowest BCUT2D eigenvalue weighted by atomic mass is 9.97. The third-order valence-electron chi connectivity index (χ3n) is 6.32. The van der Waals surface area contributed by atoms with E-state index in [0.29, 0.717) is 11.9 Å². The molecular formula is C24H32N6O2. The maximum Gasteiger partial charge on any atom is 0.277 e. The predicted octanol–water partition coefficient (Wildman–Crippen LogP) is 2.96. The number of nitrogens with zero attached hydrogens (tertiary/aromatic N) is 4. The second-order valence-electron chi connectivity index (χ2n) is 8.68. The lowest BCUT2D eigenvalue weighted by Crippen LogP contribution is -2.38. The molecule has 0 radical (unpaired) electrons.